The number of ether oxygens (including phenoxy) is 1. The topological polar surface area (TPSA) is 64.1 Å². The average Bonchev–Trinajstić information content (AvgIpc) is 2.87. The van der Waals surface area contributed by atoms with Gasteiger partial charge in [0.15, 0.2) is 0 Å². The van der Waals surface area contributed by atoms with Crippen molar-refractivity contribution >= 4 is 12.2 Å². The number of hydrogen-bond acceptors (Lipinski definition) is 4. The number of carbonyl (C=O) groups excluding carboxylic acids is 1. The Hall–Kier alpha value is -3.54. The SMILES string of the molecule is CCOC(=O)N[C@@H]1CC[C@@H]2[C@H](Cc3ccncc3[C@H]2C=Cc2ccc(-c3cccc(F)c3)cn2)C1. The Kier molecular flexibility index (Phi) is 6.89. The zero-order valence-corrected chi connectivity index (χ0v) is 19.9. The van der Waals surface area contributed by atoms with Crippen LogP contribution in [0.1, 0.15) is 48.9 Å². The fourth-order valence-corrected chi connectivity index (χ4v) is 5.69. The molecule has 5 rings (SSSR count). The van der Waals surface area contributed by atoms with E-state index in [1.807, 2.05) is 37.5 Å². The highest BCUT2D eigenvalue weighted by Gasteiger charge is 2.40. The van der Waals surface area contributed by atoms with Gasteiger partial charge in [0.05, 0.1) is 12.3 Å². The number of hydrogen-bond donors (Lipinski definition) is 1. The molecule has 0 radical (unpaired) electrons. The molecule has 0 aliphatic heterocycles. The van der Waals surface area contributed by atoms with Gasteiger partial charge >= 0.3 is 6.09 Å². The average molecular weight is 472 g/mol. The minimum absolute atomic E-state index is 0.153. The minimum atomic E-state index is -0.319. The minimum Gasteiger partial charge on any atom is -0.450 e. The Labute approximate surface area is 205 Å². The number of aromatic nitrogens is 2. The van der Waals surface area contributed by atoms with Crippen molar-refractivity contribution in [1.29, 1.82) is 0 Å². The first-order chi connectivity index (χ1) is 17.1. The van der Waals surface area contributed by atoms with Gasteiger partial charge in [0.25, 0.3) is 0 Å². The van der Waals surface area contributed by atoms with Crippen molar-refractivity contribution in [1.82, 2.24) is 15.3 Å². The number of pyridine rings is 2. The van der Waals surface area contributed by atoms with Crippen LogP contribution in [0.15, 0.2) is 67.1 Å². The van der Waals surface area contributed by atoms with E-state index in [1.54, 1.807) is 12.3 Å². The standard InChI is InChI=1S/C29H30FN3O2/c1-2-35-29(34)33-25-9-10-26-22(16-25)14-20-12-13-31-18-28(20)27(26)11-8-24-7-6-21(17-32-24)19-4-3-5-23(30)15-19/h3-8,11-13,15,17-18,22,25-27H,2,9-10,14,16H2,1H3,(H,33,34)/t22-,25-,26-,27+/m1/s1. The van der Waals surface area contributed by atoms with Gasteiger partial charge in [0, 0.05) is 36.1 Å². The summed E-state index contributed by atoms with van der Waals surface area (Å²) in [4.78, 5) is 21.0. The van der Waals surface area contributed by atoms with E-state index >= 15 is 0 Å². The molecule has 35 heavy (non-hydrogen) atoms. The third-order valence-corrected chi connectivity index (χ3v) is 7.31. The Morgan fingerprint density at radius 2 is 2.09 bits per heavy atom. The van der Waals surface area contributed by atoms with Crippen LogP contribution in [0, 0.1) is 17.7 Å². The number of amides is 1. The number of rotatable bonds is 5. The molecule has 4 atom stereocenters. The maximum absolute atomic E-state index is 13.6. The first kappa shape index (κ1) is 23.2. The lowest BCUT2D eigenvalue weighted by Gasteiger charge is -2.43. The number of alkyl carbamates (subject to hydrolysis) is 1. The van der Waals surface area contributed by atoms with Gasteiger partial charge in [-0.05, 0) is 91.5 Å². The highest BCUT2D eigenvalue weighted by Crippen LogP contribution is 2.47. The molecule has 1 saturated carbocycles. The third kappa shape index (κ3) is 5.26. The summed E-state index contributed by atoms with van der Waals surface area (Å²) in [5.74, 6) is 0.988. The van der Waals surface area contributed by atoms with Crippen molar-refractivity contribution in [2.24, 2.45) is 11.8 Å². The van der Waals surface area contributed by atoms with E-state index in [9.17, 15) is 9.18 Å². The summed E-state index contributed by atoms with van der Waals surface area (Å²) in [6, 6.07) is 12.8. The van der Waals surface area contributed by atoms with E-state index in [1.165, 1.54) is 23.3 Å². The van der Waals surface area contributed by atoms with Crippen LogP contribution in [0.2, 0.25) is 0 Å². The Bertz CT molecular complexity index is 1210. The predicted octanol–water partition coefficient (Wildman–Crippen LogP) is 6.17. The highest BCUT2D eigenvalue weighted by molar-refractivity contribution is 5.67. The largest absolute Gasteiger partial charge is 0.450 e. The van der Waals surface area contributed by atoms with E-state index in [0.29, 0.717) is 18.4 Å². The molecule has 6 heteroatoms. The molecule has 1 N–H and O–H groups in total. The Morgan fingerprint density at radius 3 is 2.89 bits per heavy atom. The second-order valence-electron chi connectivity index (χ2n) is 9.44. The molecule has 5 nitrogen and oxygen atoms in total. The number of nitrogens with zero attached hydrogens (tertiary/aromatic N) is 2. The molecule has 2 heterocycles. The summed E-state index contributed by atoms with van der Waals surface area (Å²) in [5.41, 5.74) is 5.20. The quantitative estimate of drug-likeness (QED) is 0.484. The number of halogens is 1. The second kappa shape index (κ2) is 10.4. The van der Waals surface area contributed by atoms with E-state index in [4.69, 9.17) is 4.74 Å². The lowest BCUT2D eigenvalue weighted by Crippen LogP contribution is -2.44. The van der Waals surface area contributed by atoms with Gasteiger partial charge in [-0.25, -0.2) is 9.18 Å². The number of benzene rings is 1. The van der Waals surface area contributed by atoms with Crippen LogP contribution in [0.4, 0.5) is 9.18 Å². The van der Waals surface area contributed by atoms with Gasteiger partial charge in [-0.1, -0.05) is 24.3 Å². The smallest absolute Gasteiger partial charge is 0.407 e. The van der Waals surface area contributed by atoms with Crippen LogP contribution >= 0.6 is 0 Å². The summed E-state index contributed by atoms with van der Waals surface area (Å²) in [5, 5.41) is 3.05. The lowest BCUT2D eigenvalue weighted by molar-refractivity contribution is 0.129. The number of allylic oxidation sites excluding steroid dienone is 1. The number of carbonyl (C=O) groups is 1. The van der Waals surface area contributed by atoms with Crippen LogP contribution in [0.25, 0.3) is 17.2 Å². The maximum Gasteiger partial charge on any atom is 0.407 e. The third-order valence-electron chi connectivity index (χ3n) is 7.31. The van der Waals surface area contributed by atoms with Crippen LogP contribution in [-0.4, -0.2) is 28.7 Å². The molecule has 0 unspecified atom stereocenters. The predicted molar refractivity (Wildman–Crippen MR) is 134 cm³/mol. The number of nitrogens with one attached hydrogen (secondary N) is 1. The molecule has 2 aliphatic carbocycles. The van der Waals surface area contributed by atoms with Crippen molar-refractivity contribution in [3.63, 3.8) is 0 Å². The van der Waals surface area contributed by atoms with Crippen molar-refractivity contribution < 1.29 is 13.9 Å². The van der Waals surface area contributed by atoms with Crippen molar-refractivity contribution in [3.8, 4) is 11.1 Å². The molecule has 180 valence electrons. The van der Waals surface area contributed by atoms with Crippen molar-refractivity contribution in [2.45, 2.75) is 44.6 Å². The fraction of sp³-hybridized carbons (Fsp3) is 0.345. The van der Waals surface area contributed by atoms with Gasteiger partial charge in [-0.2, -0.15) is 0 Å². The Morgan fingerprint density at radius 1 is 1.17 bits per heavy atom. The zero-order chi connectivity index (χ0) is 24.2. The summed E-state index contributed by atoms with van der Waals surface area (Å²) >= 11 is 0. The van der Waals surface area contributed by atoms with E-state index < -0.39 is 0 Å². The first-order valence-electron chi connectivity index (χ1n) is 12.4. The Balaban J connectivity index is 1.34. The molecule has 2 aliphatic rings. The maximum atomic E-state index is 13.6. The molecule has 3 aromatic rings. The van der Waals surface area contributed by atoms with Crippen LogP contribution < -0.4 is 5.32 Å². The second-order valence-corrected chi connectivity index (χ2v) is 9.44. The lowest BCUT2D eigenvalue weighted by atomic mass is 9.62. The van der Waals surface area contributed by atoms with Crippen molar-refractivity contribution in [2.75, 3.05) is 6.61 Å². The molecule has 1 aromatic carbocycles. The van der Waals surface area contributed by atoms with E-state index in [-0.39, 0.29) is 23.9 Å². The molecule has 0 spiro atoms. The molecule has 0 bridgehead atoms. The van der Waals surface area contributed by atoms with E-state index in [2.05, 4.69) is 33.5 Å². The van der Waals surface area contributed by atoms with Gasteiger partial charge < -0.3 is 10.1 Å². The molecule has 1 amide bonds. The summed E-state index contributed by atoms with van der Waals surface area (Å²) in [6.07, 6.45) is 13.6. The number of fused-ring (bicyclic) bond motifs is 2. The molecule has 0 saturated heterocycles. The normalized spacial score (nSPS) is 23.4. The van der Waals surface area contributed by atoms with Crippen LogP contribution in [-0.2, 0) is 11.2 Å². The highest BCUT2D eigenvalue weighted by atomic mass is 19.1. The fourth-order valence-electron chi connectivity index (χ4n) is 5.69. The zero-order valence-electron chi connectivity index (χ0n) is 19.9. The van der Waals surface area contributed by atoms with Crippen LogP contribution in [0.5, 0.6) is 0 Å². The molecular weight excluding hydrogens is 441 g/mol. The van der Waals surface area contributed by atoms with Crippen molar-refractivity contribution in [3.05, 3.63) is 89.8 Å². The molecule has 1 fully saturated rings. The van der Waals surface area contributed by atoms with Gasteiger partial charge in [-0.3, -0.25) is 9.97 Å². The monoisotopic (exact) mass is 471 g/mol. The summed E-state index contributed by atoms with van der Waals surface area (Å²) in [6.45, 7) is 2.21. The first-order valence-corrected chi connectivity index (χ1v) is 12.4. The van der Waals surface area contributed by atoms with E-state index in [0.717, 1.165) is 42.5 Å². The van der Waals surface area contributed by atoms with Gasteiger partial charge in [-0.15, -0.1) is 0 Å². The molecular formula is C29H30FN3O2. The van der Waals surface area contributed by atoms with Gasteiger partial charge in [0.1, 0.15) is 5.82 Å². The summed E-state index contributed by atoms with van der Waals surface area (Å²) in [7, 11) is 0. The van der Waals surface area contributed by atoms with Gasteiger partial charge in [0.2, 0.25) is 0 Å². The van der Waals surface area contributed by atoms with Crippen LogP contribution in [0.3, 0.4) is 0 Å². The summed E-state index contributed by atoms with van der Waals surface area (Å²) < 4.78 is 18.7. The molecule has 2 aromatic heterocycles.